The molecule has 0 radical (unpaired) electrons. The number of carboxylic acids is 1. The van der Waals surface area contributed by atoms with Crippen LogP contribution in [0.3, 0.4) is 0 Å². The Morgan fingerprint density at radius 2 is 2.33 bits per heavy atom. The van der Waals surface area contributed by atoms with E-state index in [1.165, 1.54) is 0 Å². The van der Waals surface area contributed by atoms with Crippen molar-refractivity contribution < 1.29 is 9.90 Å². The van der Waals surface area contributed by atoms with E-state index in [0.29, 0.717) is 12.4 Å². The molecule has 0 aromatic rings. The quantitative estimate of drug-likeness (QED) is 0.357. The molecule has 0 atom stereocenters. The number of hydrogen-bond donors (Lipinski definition) is 2. The summed E-state index contributed by atoms with van der Waals surface area (Å²) in [5.41, 5.74) is 0. The Kier molecular flexibility index (Phi) is 5.45. The highest BCUT2D eigenvalue weighted by Gasteiger charge is 1.96. The van der Waals surface area contributed by atoms with Crippen LogP contribution in [0, 0.1) is 11.8 Å². The van der Waals surface area contributed by atoms with Gasteiger partial charge in [0.05, 0.1) is 6.42 Å². The summed E-state index contributed by atoms with van der Waals surface area (Å²) in [5, 5.41) is 11.1. The molecule has 4 nitrogen and oxygen atoms in total. The van der Waals surface area contributed by atoms with Gasteiger partial charge in [-0.05, 0) is 12.8 Å². The lowest BCUT2D eigenvalue weighted by Gasteiger charge is -1.99. The molecule has 0 heterocycles. The van der Waals surface area contributed by atoms with Crippen LogP contribution >= 0.6 is 0 Å². The zero-order chi connectivity index (χ0) is 9.40. The van der Waals surface area contributed by atoms with Gasteiger partial charge in [0.15, 0.2) is 5.84 Å². The lowest BCUT2D eigenvalue weighted by atomic mass is 10.4. The lowest BCUT2D eigenvalue weighted by Crippen LogP contribution is -2.24. The van der Waals surface area contributed by atoms with Crippen molar-refractivity contribution in [3.63, 3.8) is 0 Å². The summed E-state index contributed by atoms with van der Waals surface area (Å²) in [5.74, 6) is 5.06. The highest BCUT2D eigenvalue weighted by Crippen LogP contribution is 1.76. The van der Waals surface area contributed by atoms with Gasteiger partial charge in [-0.25, -0.2) is 0 Å². The molecule has 0 aliphatic rings. The number of aliphatic carboxylic acids is 1. The minimum absolute atomic E-state index is 0.0738. The number of rotatable bonds is 3. The van der Waals surface area contributed by atoms with E-state index in [9.17, 15) is 4.79 Å². The van der Waals surface area contributed by atoms with Crippen molar-refractivity contribution in [1.29, 1.82) is 0 Å². The van der Waals surface area contributed by atoms with Crippen molar-refractivity contribution in [2.24, 2.45) is 4.99 Å². The summed E-state index contributed by atoms with van der Waals surface area (Å²) in [6.07, 6.45) is 0.0738. The molecule has 66 valence electrons. The lowest BCUT2D eigenvalue weighted by molar-refractivity contribution is -0.136. The molecule has 0 unspecified atom stereocenters. The van der Waals surface area contributed by atoms with Crippen molar-refractivity contribution >= 4 is 11.8 Å². The number of hydrogen-bond acceptors (Lipinski definition) is 2. The van der Waals surface area contributed by atoms with Crippen LogP contribution in [0.5, 0.6) is 0 Å². The second kappa shape index (κ2) is 6.23. The predicted octanol–water partition coefficient (Wildman–Crippen LogP) is 0.102. The molecule has 0 fully saturated rings. The molecule has 0 rings (SSSR count). The first-order valence-electron chi connectivity index (χ1n) is 3.56. The number of nitrogens with one attached hydrogen (secondary N) is 1. The fraction of sp³-hybridized carbons (Fsp3) is 0.500. The van der Waals surface area contributed by atoms with E-state index in [1.54, 1.807) is 14.0 Å². The molecule has 0 aliphatic carbocycles. The largest absolute Gasteiger partial charge is 0.481 e. The number of carbonyl (C=O) groups is 1. The molecule has 2 N–H and O–H groups in total. The molecule has 12 heavy (non-hydrogen) atoms. The Morgan fingerprint density at radius 1 is 1.67 bits per heavy atom. The van der Waals surface area contributed by atoms with Gasteiger partial charge in [-0.1, -0.05) is 5.92 Å². The van der Waals surface area contributed by atoms with Crippen LogP contribution < -0.4 is 5.32 Å². The average Bonchev–Trinajstić information content (AvgIpc) is 2.02. The Hall–Kier alpha value is -1.50. The third kappa shape index (κ3) is 5.30. The Labute approximate surface area is 71.7 Å². The molecule has 0 spiro atoms. The fourth-order valence-electron chi connectivity index (χ4n) is 0.585. The predicted molar refractivity (Wildman–Crippen MR) is 47.1 cm³/mol. The summed E-state index contributed by atoms with van der Waals surface area (Å²) in [6, 6.07) is 0. The minimum atomic E-state index is -0.831. The van der Waals surface area contributed by atoms with Gasteiger partial charge in [0, 0.05) is 13.6 Å². The molecule has 0 amide bonds. The van der Waals surface area contributed by atoms with E-state index >= 15 is 0 Å². The van der Waals surface area contributed by atoms with Crippen LogP contribution in [-0.4, -0.2) is 30.5 Å². The Balaban J connectivity index is 3.73. The van der Waals surface area contributed by atoms with Gasteiger partial charge in [-0.2, -0.15) is 0 Å². The van der Waals surface area contributed by atoms with Crippen molar-refractivity contribution in [3.05, 3.63) is 0 Å². The van der Waals surface area contributed by atoms with Crippen LogP contribution in [0.15, 0.2) is 4.99 Å². The van der Waals surface area contributed by atoms with Crippen molar-refractivity contribution in [2.75, 3.05) is 13.6 Å². The van der Waals surface area contributed by atoms with E-state index in [4.69, 9.17) is 5.11 Å². The number of amidine groups is 1. The van der Waals surface area contributed by atoms with Gasteiger partial charge in [-0.3, -0.25) is 9.79 Å². The third-order valence-corrected chi connectivity index (χ3v) is 1.10. The normalized spacial score (nSPS) is 10.0. The van der Waals surface area contributed by atoms with Crippen LogP contribution in [0.2, 0.25) is 0 Å². The highest BCUT2D eigenvalue weighted by molar-refractivity contribution is 5.98. The standard InChI is InChI=1S/C8H12N2O2/c1-3-4-7(9-2)10-6-5-8(11)12/h5-6H2,1-2H3,(H,9,10)(H,11,12). The summed E-state index contributed by atoms with van der Waals surface area (Å²) in [6.45, 7) is 2.06. The second-order valence-electron chi connectivity index (χ2n) is 2.02. The Bertz CT molecular complexity index is 235. The molecular formula is C8H12N2O2. The number of aliphatic imine (C=N–C) groups is 1. The molecule has 4 heteroatoms. The van der Waals surface area contributed by atoms with Crippen LogP contribution in [0.4, 0.5) is 0 Å². The molecule has 0 aliphatic heterocycles. The van der Waals surface area contributed by atoms with Crippen molar-refractivity contribution in [1.82, 2.24) is 5.32 Å². The van der Waals surface area contributed by atoms with Crippen LogP contribution in [0.25, 0.3) is 0 Å². The van der Waals surface area contributed by atoms with Crippen molar-refractivity contribution in [2.45, 2.75) is 13.3 Å². The van der Waals surface area contributed by atoms with E-state index < -0.39 is 5.97 Å². The summed E-state index contributed by atoms with van der Waals surface area (Å²) in [7, 11) is 1.60. The van der Waals surface area contributed by atoms with E-state index in [1.807, 2.05) is 0 Å². The first-order chi connectivity index (χ1) is 5.70. The van der Waals surface area contributed by atoms with Crippen LogP contribution in [-0.2, 0) is 4.79 Å². The zero-order valence-electron chi connectivity index (χ0n) is 7.22. The topological polar surface area (TPSA) is 61.7 Å². The zero-order valence-corrected chi connectivity index (χ0v) is 7.22. The summed E-state index contributed by atoms with van der Waals surface area (Å²) in [4.78, 5) is 13.9. The van der Waals surface area contributed by atoms with Crippen molar-refractivity contribution in [3.8, 4) is 11.8 Å². The summed E-state index contributed by atoms with van der Waals surface area (Å²) >= 11 is 0. The summed E-state index contributed by atoms with van der Waals surface area (Å²) < 4.78 is 0. The van der Waals surface area contributed by atoms with E-state index in [0.717, 1.165) is 0 Å². The third-order valence-electron chi connectivity index (χ3n) is 1.10. The van der Waals surface area contributed by atoms with Gasteiger partial charge in [0.1, 0.15) is 0 Å². The van der Waals surface area contributed by atoms with Gasteiger partial charge >= 0.3 is 5.97 Å². The monoisotopic (exact) mass is 168 g/mol. The van der Waals surface area contributed by atoms with E-state index in [-0.39, 0.29) is 6.42 Å². The molecule has 0 aromatic carbocycles. The van der Waals surface area contributed by atoms with Crippen LogP contribution in [0.1, 0.15) is 13.3 Å². The van der Waals surface area contributed by atoms with Gasteiger partial charge in [0.25, 0.3) is 0 Å². The van der Waals surface area contributed by atoms with E-state index in [2.05, 4.69) is 22.2 Å². The minimum Gasteiger partial charge on any atom is -0.481 e. The molecule has 0 aromatic heterocycles. The number of carboxylic acid groups (broad SMARTS) is 1. The highest BCUT2D eigenvalue weighted by atomic mass is 16.4. The number of nitrogens with zero attached hydrogens (tertiary/aromatic N) is 1. The van der Waals surface area contributed by atoms with Gasteiger partial charge in [-0.15, -0.1) is 0 Å². The maximum absolute atomic E-state index is 10.1. The molecule has 0 saturated carbocycles. The second-order valence-corrected chi connectivity index (χ2v) is 2.02. The SMILES string of the molecule is CC#CC(=NC)NCCC(=O)O. The smallest absolute Gasteiger partial charge is 0.305 e. The maximum atomic E-state index is 10.1. The molecular weight excluding hydrogens is 156 g/mol. The Morgan fingerprint density at radius 3 is 2.75 bits per heavy atom. The molecule has 0 bridgehead atoms. The fourth-order valence-corrected chi connectivity index (χ4v) is 0.585. The van der Waals surface area contributed by atoms with Gasteiger partial charge in [0.2, 0.25) is 0 Å². The molecule has 0 saturated heterocycles. The van der Waals surface area contributed by atoms with Gasteiger partial charge < -0.3 is 10.4 Å². The average molecular weight is 168 g/mol. The maximum Gasteiger partial charge on any atom is 0.305 e. The first-order valence-corrected chi connectivity index (χ1v) is 3.56. The first kappa shape index (κ1) is 10.5.